The minimum atomic E-state index is -3.55. The van der Waals surface area contributed by atoms with E-state index in [1.165, 1.54) is 42.7 Å². The average Bonchev–Trinajstić information content (AvgIpc) is 3.12. The largest absolute Gasteiger partial charge is 0.486 e. The second-order valence-corrected chi connectivity index (χ2v) is 11.1. The van der Waals surface area contributed by atoms with Gasteiger partial charge in [-0.15, -0.1) is 0 Å². The lowest BCUT2D eigenvalue weighted by atomic mass is 10.2. The van der Waals surface area contributed by atoms with Gasteiger partial charge in [-0.05, 0) is 32.0 Å². The van der Waals surface area contributed by atoms with Crippen LogP contribution in [0.1, 0.15) is 24.2 Å². The number of rotatable bonds is 5. The number of benzene rings is 2. The molecule has 2 aromatic carbocycles. The number of aromatic nitrogens is 1. The molecule has 0 bridgehead atoms. The summed E-state index contributed by atoms with van der Waals surface area (Å²) in [6.07, 6.45) is 0. The molecule has 0 atom stereocenters. The van der Waals surface area contributed by atoms with Gasteiger partial charge in [0.2, 0.25) is 0 Å². The molecule has 0 saturated carbocycles. The maximum Gasteiger partial charge on any atom is 0.325 e. The van der Waals surface area contributed by atoms with Crippen LogP contribution >= 0.6 is 11.3 Å². The molecule has 1 aromatic heterocycles. The van der Waals surface area contributed by atoms with Crippen molar-refractivity contribution in [3.8, 4) is 11.5 Å². The van der Waals surface area contributed by atoms with Gasteiger partial charge < -0.3 is 18.8 Å². The van der Waals surface area contributed by atoms with Crippen LogP contribution in [0.15, 0.2) is 46.3 Å². The third-order valence-electron chi connectivity index (χ3n) is 5.09. The average molecular weight is 491 g/mol. The van der Waals surface area contributed by atoms with E-state index in [1.807, 2.05) is 0 Å². The van der Waals surface area contributed by atoms with Gasteiger partial charge in [0.15, 0.2) is 26.1 Å². The van der Waals surface area contributed by atoms with Gasteiger partial charge in [0.05, 0.1) is 27.5 Å². The molecular weight excluding hydrogens is 468 g/mol. The summed E-state index contributed by atoms with van der Waals surface area (Å²) in [5, 5.41) is -0.625. The molecule has 0 unspecified atom stereocenters. The van der Waals surface area contributed by atoms with Crippen molar-refractivity contribution in [3.05, 3.63) is 46.8 Å². The van der Waals surface area contributed by atoms with Crippen LogP contribution in [0, 0.1) is 0 Å². The minimum Gasteiger partial charge on any atom is -0.486 e. The van der Waals surface area contributed by atoms with Crippen molar-refractivity contribution in [1.82, 2.24) is 4.57 Å². The highest BCUT2D eigenvalue weighted by Gasteiger charge is 2.21. The van der Waals surface area contributed by atoms with Crippen LogP contribution in [0.3, 0.4) is 0 Å². The fourth-order valence-corrected chi connectivity index (χ4v) is 5.41. The van der Waals surface area contributed by atoms with Crippen LogP contribution in [0.4, 0.5) is 0 Å². The Kier molecular flexibility index (Phi) is 6.26. The Morgan fingerprint density at radius 1 is 1.15 bits per heavy atom. The molecule has 0 spiro atoms. The van der Waals surface area contributed by atoms with Crippen LogP contribution < -0.4 is 14.3 Å². The molecule has 1 aliphatic heterocycles. The number of amides is 1. The van der Waals surface area contributed by atoms with E-state index in [4.69, 9.17) is 14.2 Å². The number of thiazole rings is 1. The standard InChI is InChI=1S/C22H22N2O7S2/c1-13(2)33(27,28)15-6-4-5-14(9-15)21(26)23-22-24(12-20(25)29-3)16-10-17-18(11-19(16)32-22)31-8-7-30-17/h4-6,9-11,13H,7-8,12H2,1-3H3. The maximum absolute atomic E-state index is 13.0. The molecule has 2 heterocycles. The molecule has 3 aromatic rings. The van der Waals surface area contributed by atoms with Crippen molar-refractivity contribution in [3.63, 3.8) is 0 Å². The molecule has 1 aliphatic rings. The molecular formula is C22H22N2O7S2. The number of nitrogens with zero attached hydrogens (tertiary/aromatic N) is 2. The Morgan fingerprint density at radius 2 is 1.85 bits per heavy atom. The molecule has 0 radical (unpaired) electrons. The lowest BCUT2D eigenvalue weighted by Gasteiger charge is -2.18. The van der Waals surface area contributed by atoms with E-state index in [1.54, 1.807) is 30.5 Å². The van der Waals surface area contributed by atoms with Crippen LogP contribution in [-0.4, -0.2) is 50.4 Å². The fraction of sp³-hybridized carbons (Fsp3) is 0.318. The first-order chi connectivity index (χ1) is 15.7. The molecule has 0 saturated heterocycles. The number of hydrogen-bond acceptors (Lipinski definition) is 8. The summed E-state index contributed by atoms with van der Waals surface area (Å²) in [6, 6.07) is 9.30. The molecule has 174 valence electrons. The SMILES string of the molecule is COC(=O)Cn1c(=NC(=O)c2cccc(S(=O)(=O)C(C)C)c2)sc2cc3c(cc21)OCCO3. The van der Waals surface area contributed by atoms with Gasteiger partial charge in [-0.25, -0.2) is 8.42 Å². The zero-order chi connectivity index (χ0) is 23.8. The monoisotopic (exact) mass is 490 g/mol. The number of hydrogen-bond donors (Lipinski definition) is 0. The van der Waals surface area contributed by atoms with E-state index in [0.717, 1.165) is 4.70 Å². The van der Waals surface area contributed by atoms with Crippen molar-refractivity contribution in [1.29, 1.82) is 0 Å². The number of carbonyl (C=O) groups is 2. The molecule has 9 nitrogen and oxygen atoms in total. The van der Waals surface area contributed by atoms with Gasteiger partial charge in [-0.2, -0.15) is 4.99 Å². The molecule has 0 aliphatic carbocycles. The Bertz CT molecular complexity index is 1420. The molecule has 0 N–H and O–H groups in total. The normalized spacial score (nSPS) is 14.0. The summed E-state index contributed by atoms with van der Waals surface area (Å²) >= 11 is 1.20. The van der Waals surface area contributed by atoms with E-state index in [9.17, 15) is 18.0 Å². The van der Waals surface area contributed by atoms with Gasteiger partial charge in [0, 0.05) is 17.7 Å². The van der Waals surface area contributed by atoms with Crippen molar-refractivity contribution in [2.45, 2.75) is 30.5 Å². The van der Waals surface area contributed by atoms with Gasteiger partial charge in [0.1, 0.15) is 19.8 Å². The summed E-state index contributed by atoms with van der Waals surface area (Å²) in [7, 11) is -2.27. The highest BCUT2D eigenvalue weighted by molar-refractivity contribution is 7.92. The van der Waals surface area contributed by atoms with E-state index >= 15 is 0 Å². The molecule has 0 fully saturated rings. The Hall–Kier alpha value is -3.18. The van der Waals surface area contributed by atoms with Gasteiger partial charge >= 0.3 is 5.97 Å². The highest BCUT2D eigenvalue weighted by Crippen LogP contribution is 2.35. The number of fused-ring (bicyclic) bond motifs is 2. The zero-order valence-corrected chi connectivity index (χ0v) is 19.9. The maximum atomic E-state index is 13.0. The van der Waals surface area contributed by atoms with E-state index in [-0.39, 0.29) is 21.8 Å². The summed E-state index contributed by atoms with van der Waals surface area (Å²) in [4.78, 5) is 29.5. The van der Waals surface area contributed by atoms with Crippen LogP contribution in [-0.2, 0) is 25.9 Å². The third kappa shape index (κ3) is 4.51. The molecule has 11 heteroatoms. The predicted octanol–water partition coefficient (Wildman–Crippen LogP) is 2.57. The predicted molar refractivity (Wildman–Crippen MR) is 121 cm³/mol. The second kappa shape index (κ2) is 8.99. The number of carbonyl (C=O) groups excluding carboxylic acids is 2. The van der Waals surface area contributed by atoms with Crippen LogP contribution in [0.2, 0.25) is 0 Å². The van der Waals surface area contributed by atoms with Crippen LogP contribution in [0.5, 0.6) is 11.5 Å². The summed E-state index contributed by atoms with van der Waals surface area (Å²) in [5.74, 6) is -0.0268. The highest BCUT2D eigenvalue weighted by atomic mass is 32.2. The summed E-state index contributed by atoms with van der Waals surface area (Å²) in [6.45, 7) is 3.83. The number of sulfone groups is 1. The number of methoxy groups -OCH3 is 1. The number of ether oxygens (including phenoxy) is 3. The van der Waals surface area contributed by atoms with Crippen molar-refractivity contribution >= 4 is 43.3 Å². The first-order valence-electron chi connectivity index (χ1n) is 10.1. The van der Waals surface area contributed by atoms with E-state index in [0.29, 0.717) is 30.2 Å². The summed E-state index contributed by atoms with van der Waals surface area (Å²) in [5.41, 5.74) is 0.766. The molecule has 33 heavy (non-hydrogen) atoms. The fourth-order valence-electron chi connectivity index (χ4n) is 3.27. The second-order valence-electron chi connectivity index (χ2n) is 7.55. The topological polar surface area (TPSA) is 113 Å². The summed E-state index contributed by atoms with van der Waals surface area (Å²) < 4.78 is 43.4. The Labute approximate surface area is 194 Å². The van der Waals surface area contributed by atoms with Crippen molar-refractivity contribution in [2.75, 3.05) is 20.3 Å². The first-order valence-corrected chi connectivity index (χ1v) is 12.5. The zero-order valence-electron chi connectivity index (χ0n) is 18.2. The van der Waals surface area contributed by atoms with Gasteiger partial charge in [-0.1, -0.05) is 17.4 Å². The minimum absolute atomic E-state index is 0.0549. The molecule has 4 rings (SSSR count). The van der Waals surface area contributed by atoms with Gasteiger partial charge in [0.25, 0.3) is 5.91 Å². The van der Waals surface area contributed by atoms with Crippen LogP contribution in [0.25, 0.3) is 10.2 Å². The third-order valence-corrected chi connectivity index (χ3v) is 8.28. The number of esters is 1. The molecule has 1 amide bonds. The van der Waals surface area contributed by atoms with E-state index in [2.05, 4.69) is 4.99 Å². The van der Waals surface area contributed by atoms with E-state index < -0.39 is 27.0 Å². The lowest BCUT2D eigenvalue weighted by molar-refractivity contribution is -0.141. The Morgan fingerprint density at radius 3 is 2.52 bits per heavy atom. The first kappa shape index (κ1) is 23.0. The van der Waals surface area contributed by atoms with Gasteiger partial charge in [-0.3, -0.25) is 9.59 Å². The van der Waals surface area contributed by atoms with Crippen molar-refractivity contribution < 1.29 is 32.2 Å². The quantitative estimate of drug-likeness (QED) is 0.505. The smallest absolute Gasteiger partial charge is 0.325 e. The Balaban J connectivity index is 1.83. The van der Waals surface area contributed by atoms with Crippen molar-refractivity contribution in [2.24, 2.45) is 4.99 Å². The lowest BCUT2D eigenvalue weighted by Crippen LogP contribution is -2.22.